The van der Waals surface area contributed by atoms with Crippen LogP contribution in [0.1, 0.15) is 13.3 Å². The average Bonchev–Trinajstić information content (AvgIpc) is 2.38. The summed E-state index contributed by atoms with van der Waals surface area (Å²) in [7, 11) is 1.72. The highest BCUT2D eigenvalue weighted by atomic mass is 16.5. The summed E-state index contributed by atoms with van der Waals surface area (Å²) < 4.78 is 10.9. The Kier molecular flexibility index (Phi) is 3.99. The molecule has 2 aromatic carbocycles. The van der Waals surface area contributed by atoms with Crippen molar-refractivity contribution in [2.24, 2.45) is 0 Å². The van der Waals surface area contributed by atoms with Gasteiger partial charge in [0.15, 0.2) is 0 Å². The van der Waals surface area contributed by atoms with Crippen molar-refractivity contribution in [1.82, 2.24) is 0 Å². The van der Waals surface area contributed by atoms with E-state index in [4.69, 9.17) is 9.47 Å². The Balaban J connectivity index is 1.99. The van der Waals surface area contributed by atoms with E-state index in [0.29, 0.717) is 6.61 Å². The first kappa shape index (κ1) is 11.9. The van der Waals surface area contributed by atoms with E-state index >= 15 is 0 Å². The van der Waals surface area contributed by atoms with Crippen molar-refractivity contribution in [3.63, 3.8) is 0 Å². The summed E-state index contributed by atoms with van der Waals surface area (Å²) >= 11 is 0. The molecule has 2 rings (SSSR count). The lowest BCUT2D eigenvalue weighted by Crippen LogP contribution is -2.10. The van der Waals surface area contributed by atoms with Gasteiger partial charge in [0, 0.05) is 13.5 Å². The Bertz CT molecular complexity index is 479. The molecular weight excluding hydrogens is 212 g/mol. The van der Waals surface area contributed by atoms with Crippen LogP contribution in [0.15, 0.2) is 42.5 Å². The van der Waals surface area contributed by atoms with Crippen LogP contribution in [0, 0.1) is 0 Å². The molecule has 0 bridgehead atoms. The standard InChI is InChI=1S/C15H18O2/c1-12(16-2)9-10-17-15-8-7-13-5-3-4-6-14(13)11-15/h3-8,11-12H,9-10H2,1-2H3. The normalized spacial score (nSPS) is 12.6. The zero-order valence-corrected chi connectivity index (χ0v) is 10.3. The molecule has 0 amide bonds. The van der Waals surface area contributed by atoms with E-state index in [-0.39, 0.29) is 6.10 Å². The predicted molar refractivity (Wildman–Crippen MR) is 70.5 cm³/mol. The molecule has 0 fully saturated rings. The fraction of sp³-hybridized carbons (Fsp3) is 0.333. The van der Waals surface area contributed by atoms with Crippen molar-refractivity contribution < 1.29 is 9.47 Å². The third-order valence-electron chi connectivity index (χ3n) is 2.92. The average molecular weight is 230 g/mol. The molecule has 0 aliphatic carbocycles. The van der Waals surface area contributed by atoms with Crippen molar-refractivity contribution in [1.29, 1.82) is 0 Å². The van der Waals surface area contributed by atoms with Crippen LogP contribution in [0.25, 0.3) is 10.8 Å². The van der Waals surface area contributed by atoms with E-state index in [2.05, 4.69) is 24.3 Å². The van der Waals surface area contributed by atoms with Gasteiger partial charge in [0.2, 0.25) is 0 Å². The summed E-state index contributed by atoms with van der Waals surface area (Å²) in [5, 5.41) is 2.45. The molecule has 1 atom stereocenters. The lowest BCUT2D eigenvalue weighted by atomic mass is 10.1. The third kappa shape index (κ3) is 3.21. The van der Waals surface area contributed by atoms with Crippen LogP contribution in [0.3, 0.4) is 0 Å². The summed E-state index contributed by atoms with van der Waals surface area (Å²) in [5.41, 5.74) is 0. The van der Waals surface area contributed by atoms with Crippen molar-refractivity contribution in [2.75, 3.05) is 13.7 Å². The first-order chi connectivity index (χ1) is 8.29. The maximum absolute atomic E-state index is 5.71. The molecule has 0 spiro atoms. The molecule has 0 aromatic heterocycles. The van der Waals surface area contributed by atoms with E-state index in [0.717, 1.165) is 12.2 Å². The van der Waals surface area contributed by atoms with Crippen LogP contribution in [-0.2, 0) is 4.74 Å². The second kappa shape index (κ2) is 5.69. The van der Waals surface area contributed by atoms with Crippen molar-refractivity contribution in [3.8, 4) is 5.75 Å². The number of hydrogen-bond acceptors (Lipinski definition) is 2. The van der Waals surface area contributed by atoms with Crippen molar-refractivity contribution in [3.05, 3.63) is 42.5 Å². The molecule has 0 heterocycles. The van der Waals surface area contributed by atoms with Crippen molar-refractivity contribution in [2.45, 2.75) is 19.4 Å². The van der Waals surface area contributed by atoms with Crippen LogP contribution in [0.4, 0.5) is 0 Å². The van der Waals surface area contributed by atoms with Crippen LogP contribution in [-0.4, -0.2) is 19.8 Å². The van der Waals surface area contributed by atoms with Gasteiger partial charge < -0.3 is 9.47 Å². The zero-order valence-electron chi connectivity index (χ0n) is 10.3. The van der Waals surface area contributed by atoms with Crippen LogP contribution in [0.2, 0.25) is 0 Å². The quantitative estimate of drug-likeness (QED) is 0.780. The van der Waals surface area contributed by atoms with Gasteiger partial charge in [-0.05, 0) is 29.8 Å². The highest BCUT2D eigenvalue weighted by Crippen LogP contribution is 2.20. The predicted octanol–water partition coefficient (Wildman–Crippen LogP) is 3.64. The molecule has 0 radical (unpaired) electrons. The van der Waals surface area contributed by atoms with Crippen LogP contribution >= 0.6 is 0 Å². The van der Waals surface area contributed by atoms with Gasteiger partial charge in [0.1, 0.15) is 5.75 Å². The lowest BCUT2D eigenvalue weighted by molar-refractivity contribution is 0.0956. The molecule has 2 nitrogen and oxygen atoms in total. The summed E-state index contributed by atoms with van der Waals surface area (Å²) in [6.45, 7) is 2.73. The van der Waals surface area contributed by atoms with Gasteiger partial charge in [-0.25, -0.2) is 0 Å². The minimum atomic E-state index is 0.246. The van der Waals surface area contributed by atoms with Gasteiger partial charge in [-0.15, -0.1) is 0 Å². The first-order valence-electron chi connectivity index (χ1n) is 5.94. The summed E-state index contributed by atoms with van der Waals surface area (Å²) in [4.78, 5) is 0. The summed E-state index contributed by atoms with van der Waals surface area (Å²) in [6.07, 6.45) is 1.15. The van der Waals surface area contributed by atoms with Gasteiger partial charge in [-0.2, -0.15) is 0 Å². The number of hydrogen-bond donors (Lipinski definition) is 0. The summed E-state index contributed by atoms with van der Waals surface area (Å²) in [6, 6.07) is 14.5. The fourth-order valence-corrected chi connectivity index (χ4v) is 1.72. The molecule has 90 valence electrons. The van der Waals surface area contributed by atoms with E-state index < -0.39 is 0 Å². The monoisotopic (exact) mass is 230 g/mol. The van der Waals surface area contributed by atoms with E-state index in [1.807, 2.05) is 25.1 Å². The van der Waals surface area contributed by atoms with Crippen molar-refractivity contribution >= 4 is 10.8 Å². The van der Waals surface area contributed by atoms with E-state index in [1.165, 1.54) is 10.8 Å². The Hall–Kier alpha value is -1.54. The minimum Gasteiger partial charge on any atom is -0.493 e. The maximum atomic E-state index is 5.71. The first-order valence-corrected chi connectivity index (χ1v) is 5.94. The Morgan fingerprint density at radius 3 is 2.59 bits per heavy atom. The molecule has 1 unspecified atom stereocenters. The Morgan fingerprint density at radius 1 is 1.06 bits per heavy atom. The number of ether oxygens (including phenoxy) is 2. The third-order valence-corrected chi connectivity index (χ3v) is 2.92. The molecule has 17 heavy (non-hydrogen) atoms. The maximum Gasteiger partial charge on any atom is 0.119 e. The van der Waals surface area contributed by atoms with Crippen LogP contribution in [0.5, 0.6) is 5.75 Å². The smallest absolute Gasteiger partial charge is 0.119 e. The Labute approximate surface area is 102 Å². The topological polar surface area (TPSA) is 18.5 Å². The van der Waals surface area contributed by atoms with Gasteiger partial charge in [0.25, 0.3) is 0 Å². The molecule has 2 aromatic rings. The number of fused-ring (bicyclic) bond motifs is 1. The summed E-state index contributed by atoms with van der Waals surface area (Å²) in [5.74, 6) is 0.923. The largest absolute Gasteiger partial charge is 0.493 e. The van der Waals surface area contributed by atoms with Gasteiger partial charge >= 0.3 is 0 Å². The molecular formula is C15H18O2. The zero-order chi connectivity index (χ0) is 12.1. The number of benzene rings is 2. The van der Waals surface area contributed by atoms with Gasteiger partial charge in [-0.1, -0.05) is 30.3 Å². The number of rotatable bonds is 5. The van der Waals surface area contributed by atoms with E-state index in [1.54, 1.807) is 7.11 Å². The molecule has 0 saturated carbocycles. The molecule has 0 saturated heterocycles. The Morgan fingerprint density at radius 2 is 1.82 bits per heavy atom. The minimum absolute atomic E-state index is 0.246. The molecule has 0 aliphatic rings. The highest BCUT2D eigenvalue weighted by Gasteiger charge is 2.00. The van der Waals surface area contributed by atoms with Gasteiger partial charge in [0.05, 0.1) is 12.7 Å². The number of methoxy groups -OCH3 is 1. The lowest BCUT2D eigenvalue weighted by Gasteiger charge is -2.11. The molecule has 2 heteroatoms. The SMILES string of the molecule is COC(C)CCOc1ccc2ccccc2c1. The van der Waals surface area contributed by atoms with Gasteiger partial charge in [-0.3, -0.25) is 0 Å². The van der Waals surface area contributed by atoms with Crippen LogP contribution < -0.4 is 4.74 Å². The second-order valence-corrected chi connectivity index (χ2v) is 4.19. The molecule has 0 aliphatic heterocycles. The molecule has 0 N–H and O–H groups in total. The second-order valence-electron chi connectivity index (χ2n) is 4.19. The fourth-order valence-electron chi connectivity index (χ4n) is 1.72. The highest BCUT2D eigenvalue weighted by molar-refractivity contribution is 5.83. The van der Waals surface area contributed by atoms with E-state index in [9.17, 15) is 0 Å².